The summed E-state index contributed by atoms with van der Waals surface area (Å²) in [6, 6.07) is 10.0. The summed E-state index contributed by atoms with van der Waals surface area (Å²) in [6.45, 7) is 7.92. The third kappa shape index (κ3) is 6.15. The Morgan fingerprint density at radius 3 is 2.43 bits per heavy atom. The molecule has 0 N–H and O–H groups in total. The van der Waals surface area contributed by atoms with Crippen LogP contribution < -0.4 is 0 Å². The summed E-state index contributed by atoms with van der Waals surface area (Å²) in [5.74, 6) is 0.0787. The molecule has 0 bridgehead atoms. The number of carbonyl (C=O) groups excluding carboxylic acids is 1. The Kier molecular flexibility index (Phi) is 9.27. The lowest BCUT2D eigenvalue weighted by molar-refractivity contribution is -0.147. The molecular formula is C19H30ClNO2. The molecule has 1 aliphatic rings. The second-order valence-electron chi connectivity index (χ2n) is 6.34. The van der Waals surface area contributed by atoms with Crippen LogP contribution in [-0.4, -0.2) is 37.1 Å². The van der Waals surface area contributed by atoms with Gasteiger partial charge in [-0.3, -0.25) is 9.69 Å². The highest BCUT2D eigenvalue weighted by Crippen LogP contribution is 2.28. The van der Waals surface area contributed by atoms with Crippen molar-refractivity contribution >= 4 is 18.4 Å². The molecule has 4 heteroatoms. The summed E-state index contributed by atoms with van der Waals surface area (Å²) in [6.07, 6.45) is 4.85. The number of piperidine rings is 1. The van der Waals surface area contributed by atoms with Gasteiger partial charge < -0.3 is 4.74 Å². The van der Waals surface area contributed by atoms with E-state index in [1.807, 2.05) is 30.3 Å². The van der Waals surface area contributed by atoms with Gasteiger partial charge in [0.15, 0.2) is 0 Å². The van der Waals surface area contributed by atoms with Crippen LogP contribution in [0, 0.1) is 5.92 Å². The van der Waals surface area contributed by atoms with Gasteiger partial charge in [0.25, 0.3) is 0 Å². The zero-order valence-corrected chi connectivity index (χ0v) is 15.2. The van der Waals surface area contributed by atoms with Crippen molar-refractivity contribution in [3.8, 4) is 0 Å². The van der Waals surface area contributed by atoms with Crippen molar-refractivity contribution in [3.05, 3.63) is 35.9 Å². The zero-order chi connectivity index (χ0) is 15.8. The van der Waals surface area contributed by atoms with Crippen molar-refractivity contribution in [2.75, 3.05) is 26.2 Å². The zero-order valence-electron chi connectivity index (χ0n) is 14.4. The summed E-state index contributed by atoms with van der Waals surface area (Å²) < 4.78 is 5.60. The van der Waals surface area contributed by atoms with E-state index in [0.29, 0.717) is 12.5 Å². The van der Waals surface area contributed by atoms with Crippen molar-refractivity contribution in [2.45, 2.75) is 45.4 Å². The van der Waals surface area contributed by atoms with Crippen molar-refractivity contribution in [2.24, 2.45) is 5.92 Å². The Morgan fingerprint density at radius 2 is 1.83 bits per heavy atom. The molecule has 1 heterocycles. The predicted octanol–water partition coefficient (Wildman–Crippen LogP) is 4.27. The van der Waals surface area contributed by atoms with Gasteiger partial charge >= 0.3 is 5.97 Å². The topological polar surface area (TPSA) is 29.5 Å². The maximum atomic E-state index is 12.5. The molecule has 1 aliphatic heterocycles. The van der Waals surface area contributed by atoms with E-state index < -0.39 is 0 Å². The summed E-state index contributed by atoms with van der Waals surface area (Å²) in [7, 11) is 0. The Labute approximate surface area is 146 Å². The van der Waals surface area contributed by atoms with Crippen LogP contribution in [0.15, 0.2) is 30.3 Å². The molecule has 2 unspecified atom stereocenters. The fourth-order valence-corrected chi connectivity index (χ4v) is 3.14. The first-order valence-electron chi connectivity index (χ1n) is 8.66. The Morgan fingerprint density at radius 1 is 1.17 bits per heavy atom. The molecule has 1 aromatic rings. The molecule has 3 nitrogen and oxygen atoms in total. The van der Waals surface area contributed by atoms with Gasteiger partial charge in [-0.25, -0.2) is 0 Å². The van der Waals surface area contributed by atoms with Crippen LogP contribution in [0.1, 0.15) is 51.0 Å². The number of hydrogen-bond donors (Lipinski definition) is 0. The molecule has 23 heavy (non-hydrogen) atoms. The number of esters is 1. The van der Waals surface area contributed by atoms with Crippen molar-refractivity contribution < 1.29 is 9.53 Å². The second kappa shape index (κ2) is 10.7. The van der Waals surface area contributed by atoms with E-state index in [-0.39, 0.29) is 24.3 Å². The SMILES string of the molecule is CCC(C)C(C(=O)OCCN1CCCCC1)c1ccccc1.Cl. The monoisotopic (exact) mass is 339 g/mol. The molecule has 0 aliphatic carbocycles. The molecule has 0 aromatic heterocycles. The maximum Gasteiger partial charge on any atom is 0.313 e. The minimum atomic E-state index is -0.146. The number of carbonyl (C=O) groups is 1. The molecule has 0 spiro atoms. The number of halogens is 1. The summed E-state index contributed by atoms with van der Waals surface area (Å²) >= 11 is 0. The normalized spacial score (nSPS) is 17.8. The number of nitrogens with zero attached hydrogens (tertiary/aromatic N) is 1. The first kappa shape index (κ1) is 20.0. The summed E-state index contributed by atoms with van der Waals surface area (Å²) in [4.78, 5) is 14.9. The first-order valence-corrected chi connectivity index (χ1v) is 8.66. The Bertz CT molecular complexity index is 446. The predicted molar refractivity (Wildman–Crippen MR) is 97.1 cm³/mol. The van der Waals surface area contributed by atoms with Crippen LogP contribution in [0.25, 0.3) is 0 Å². The lowest BCUT2D eigenvalue weighted by Gasteiger charge is -2.27. The number of rotatable bonds is 7. The fourth-order valence-electron chi connectivity index (χ4n) is 3.14. The molecule has 0 radical (unpaired) electrons. The smallest absolute Gasteiger partial charge is 0.313 e. The van der Waals surface area contributed by atoms with Crippen molar-refractivity contribution in [1.29, 1.82) is 0 Å². The van der Waals surface area contributed by atoms with Crippen molar-refractivity contribution in [1.82, 2.24) is 4.90 Å². The number of hydrogen-bond acceptors (Lipinski definition) is 3. The number of benzene rings is 1. The van der Waals surface area contributed by atoms with Crippen LogP contribution in [0.5, 0.6) is 0 Å². The highest BCUT2D eigenvalue weighted by Gasteiger charge is 2.27. The lowest BCUT2D eigenvalue weighted by atomic mass is 9.86. The summed E-state index contributed by atoms with van der Waals surface area (Å²) in [5, 5.41) is 0. The van der Waals surface area contributed by atoms with Crippen LogP contribution in [0.2, 0.25) is 0 Å². The van der Waals surface area contributed by atoms with Crippen molar-refractivity contribution in [3.63, 3.8) is 0 Å². The van der Waals surface area contributed by atoms with Gasteiger partial charge in [0, 0.05) is 6.54 Å². The quantitative estimate of drug-likeness (QED) is 0.695. The Balaban J connectivity index is 0.00000264. The van der Waals surface area contributed by atoms with E-state index in [0.717, 1.165) is 31.6 Å². The minimum Gasteiger partial charge on any atom is -0.464 e. The van der Waals surface area contributed by atoms with E-state index in [1.54, 1.807) is 0 Å². The number of likely N-dealkylation sites (tertiary alicyclic amines) is 1. The molecular weight excluding hydrogens is 310 g/mol. The third-order valence-corrected chi connectivity index (χ3v) is 4.73. The van der Waals surface area contributed by atoms with Crippen LogP contribution >= 0.6 is 12.4 Å². The van der Waals surface area contributed by atoms with Crippen LogP contribution in [0.4, 0.5) is 0 Å². The van der Waals surface area contributed by atoms with E-state index in [9.17, 15) is 4.79 Å². The highest BCUT2D eigenvalue weighted by atomic mass is 35.5. The molecule has 2 atom stereocenters. The molecule has 1 fully saturated rings. The van der Waals surface area contributed by atoms with E-state index in [1.165, 1.54) is 19.3 Å². The van der Waals surface area contributed by atoms with Gasteiger partial charge in [0.1, 0.15) is 6.61 Å². The first-order chi connectivity index (χ1) is 10.7. The molecule has 130 valence electrons. The van der Waals surface area contributed by atoms with Gasteiger partial charge in [0.05, 0.1) is 5.92 Å². The molecule has 1 aromatic carbocycles. The van der Waals surface area contributed by atoms with E-state index in [2.05, 4.69) is 18.7 Å². The largest absolute Gasteiger partial charge is 0.464 e. The standard InChI is InChI=1S/C19H29NO2.ClH/c1-3-16(2)18(17-10-6-4-7-11-17)19(21)22-15-14-20-12-8-5-9-13-20;/h4,6-7,10-11,16,18H,3,5,8-9,12-15H2,1-2H3;1H. The third-order valence-electron chi connectivity index (χ3n) is 4.73. The van der Waals surface area contributed by atoms with Gasteiger partial charge in [-0.1, -0.05) is 57.0 Å². The minimum absolute atomic E-state index is 0. The van der Waals surface area contributed by atoms with E-state index in [4.69, 9.17) is 4.74 Å². The van der Waals surface area contributed by atoms with Crippen LogP contribution in [0.3, 0.4) is 0 Å². The van der Waals surface area contributed by atoms with Gasteiger partial charge in [-0.15, -0.1) is 12.4 Å². The van der Waals surface area contributed by atoms with E-state index >= 15 is 0 Å². The summed E-state index contributed by atoms with van der Waals surface area (Å²) in [5.41, 5.74) is 1.07. The highest BCUT2D eigenvalue weighted by molar-refractivity contribution is 5.85. The molecule has 2 rings (SSSR count). The Hall–Kier alpha value is -1.06. The van der Waals surface area contributed by atoms with Gasteiger partial charge in [-0.05, 0) is 37.4 Å². The van der Waals surface area contributed by atoms with Gasteiger partial charge in [0.2, 0.25) is 0 Å². The van der Waals surface area contributed by atoms with Crippen LogP contribution in [-0.2, 0) is 9.53 Å². The second-order valence-corrected chi connectivity index (χ2v) is 6.34. The molecule has 0 amide bonds. The average Bonchev–Trinajstić information content (AvgIpc) is 2.57. The fraction of sp³-hybridized carbons (Fsp3) is 0.632. The molecule has 0 saturated carbocycles. The molecule has 1 saturated heterocycles. The lowest BCUT2D eigenvalue weighted by Crippen LogP contribution is -2.34. The average molecular weight is 340 g/mol. The number of ether oxygens (including phenoxy) is 1. The maximum absolute atomic E-state index is 12.5. The van der Waals surface area contributed by atoms with Gasteiger partial charge in [-0.2, -0.15) is 0 Å².